The van der Waals surface area contributed by atoms with Gasteiger partial charge in [-0.25, -0.2) is 4.98 Å². The van der Waals surface area contributed by atoms with Crippen LogP contribution in [0.25, 0.3) is 0 Å². The van der Waals surface area contributed by atoms with Crippen LogP contribution >= 0.6 is 34.7 Å². The van der Waals surface area contributed by atoms with Crippen molar-refractivity contribution in [3.8, 4) is 0 Å². The van der Waals surface area contributed by atoms with Gasteiger partial charge in [-0.3, -0.25) is 0 Å². The summed E-state index contributed by atoms with van der Waals surface area (Å²) in [4.78, 5) is 5.81. The van der Waals surface area contributed by atoms with E-state index < -0.39 is 0 Å². The first-order chi connectivity index (χ1) is 9.67. The second kappa shape index (κ2) is 8.03. The van der Waals surface area contributed by atoms with Crippen molar-refractivity contribution >= 4 is 34.7 Å². The first kappa shape index (κ1) is 15.8. The lowest BCUT2D eigenvalue weighted by Crippen LogP contribution is -2.33. The maximum Gasteiger partial charge on any atom is 0.0943 e. The van der Waals surface area contributed by atoms with E-state index in [4.69, 9.17) is 11.6 Å². The van der Waals surface area contributed by atoms with Crippen LogP contribution in [0.4, 0.5) is 0 Å². The maximum absolute atomic E-state index is 5.91. The number of likely N-dealkylation sites (N-methyl/N-ethyl adjacent to an activating group) is 1. The molecule has 1 aromatic heterocycles. The number of thioether (sulfide) groups is 1. The molecule has 0 saturated heterocycles. The Morgan fingerprint density at radius 3 is 2.70 bits per heavy atom. The molecular formula is C15H19ClN2S2. The van der Waals surface area contributed by atoms with Crippen molar-refractivity contribution in [3.63, 3.8) is 0 Å². The van der Waals surface area contributed by atoms with Crippen LogP contribution < -0.4 is 5.32 Å². The Kier molecular flexibility index (Phi) is 6.36. The number of benzene rings is 1. The standard InChI is InChI=1S/C15H19ClN2S2/c1-3-17-13(8-15-18-11(2)9-20-15)10-19-14-6-4-12(16)5-7-14/h4-7,9,13,17H,3,8,10H2,1-2H3. The molecule has 0 amide bonds. The zero-order chi connectivity index (χ0) is 14.4. The molecule has 0 bridgehead atoms. The van der Waals surface area contributed by atoms with Crippen LogP contribution in [0.15, 0.2) is 34.5 Å². The number of aromatic nitrogens is 1. The molecule has 5 heteroatoms. The van der Waals surface area contributed by atoms with Crippen LogP contribution in [-0.2, 0) is 6.42 Å². The van der Waals surface area contributed by atoms with Crippen molar-refractivity contribution in [2.75, 3.05) is 12.3 Å². The number of nitrogens with one attached hydrogen (secondary N) is 1. The van der Waals surface area contributed by atoms with Crippen LogP contribution in [0.1, 0.15) is 17.6 Å². The third-order valence-corrected chi connectivity index (χ3v) is 5.26. The van der Waals surface area contributed by atoms with Gasteiger partial charge in [0.05, 0.1) is 5.01 Å². The maximum atomic E-state index is 5.91. The fourth-order valence-corrected chi connectivity index (χ4v) is 3.85. The molecular weight excluding hydrogens is 308 g/mol. The Bertz CT molecular complexity index is 525. The lowest BCUT2D eigenvalue weighted by atomic mass is 10.2. The van der Waals surface area contributed by atoms with Gasteiger partial charge in [-0.05, 0) is 37.7 Å². The summed E-state index contributed by atoms with van der Waals surface area (Å²) in [6.45, 7) is 5.17. The molecule has 1 unspecified atom stereocenters. The Morgan fingerprint density at radius 2 is 2.10 bits per heavy atom. The van der Waals surface area contributed by atoms with Gasteiger partial charge in [0.25, 0.3) is 0 Å². The predicted octanol–water partition coefficient (Wildman–Crippen LogP) is 4.42. The van der Waals surface area contributed by atoms with Gasteiger partial charge in [0, 0.05) is 39.2 Å². The lowest BCUT2D eigenvalue weighted by molar-refractivity contribution is 0.571. The molecule has 2 aromatic rings. The summed E-state index contributed by atoms with van der Waals surface area (Å²) < 4.78 is 0. The van der Waals surface area contributed by atoms with E-state index in [2.05, 4.69) is 34.7 Å². The van der Waals surface area contributed by atoms with Gasteiger partial charge in [0.15, 0.2) is 0 Å². The van der Waals surface area contributed by atoms with E-state index in [1.165, 1.54) is 9.90 Å². The lowest BCUT2D eigenvalue weighted by Gasteiger charge is -2.16. The summed E-state index contributed by atoms with van der Waals surface area (Å²) in [5.74, 6) is 1.04. The van der Waals surface area contributed by atoms with E-state index in [-0.39, 0.29) is 0 Å². The second-order valence-corrected chi connectivity index (χ2v) is 7.08. The number of hydrogen-bond donors (Lipinski definition) is 1. The van der Waals surface area contributed by atoms with Gasteiger partial charge in [-0.2, -0.15) is 0 Å². The topological polar surface area (TPSA) is 24.9 Å². The van der Waals surface area contributed by atoms with Gasteiger partial charge < -0.3 is 5.32 Å². The van der Waals surface area contributed by atoms with Gasteiger partial charge in [0.1, 0.15) is 0 Å². The van der Waals surface area contributed by atoms with Crippen LogP contribution in [0.3, 0.4) is 0 Å². The molecule has 0 fully saturated rings. The number of halogens is 1. The SMILES string of the molecule is CCNC(CSc1ccc(Cl)cc1)Cc1nc(C)cs1. The zero-order valence-corrected chi connectivity index (χ0v) is 14.1. The fourth-order valence-electron chi connectivity index (χ4n) is 1.91. The first-order valence-electron chi connectivity index (χ1n) is 6.70. The third-order valence-electron chi connectivity index (χ3n) is 2.85. The van der Waals surface area contributed by atoms with Crippen molar-refractivity contribution in [2.24, 2.45) is 0 Å². The largest absolute Gasteiger partial charge is 0.313 e. The molecule has 0 radical (unpaired) electrons. The van der Waals surface area contributed by atoms with Crippen LogP contribution in [0, 0.1) is 6.92 Å². The van der Waals surface area contributed by atoms with Crippen LogP contribution in [0.5, 0.6) is 0 Å². The van der Waals surface area contributed by atoms with Crippen molar-refractivity contribution < 1.29 is 0 Å². The van der Waals surface area contributed by atoms with E-state index >= 15 is 0 Å². The highest BCUT2D eigenvalue weighted by Crippen LogP contribution is 2.22. The molecule has 2 nitrogen and oxygen atoms in total. The minimum Gasteiger partial charge on any atom is -0.313 e. The molecule has 0 spiro atoms. The van der Waals surface area contributed by atoms with Crippen molar-refractivity contribution in [1.29, 1.82) is 0 Å². The van der Waals surface area contributed by atoms with E-state index in [9.17, 15) is 0 Å². The van der Waals surface area contributed by atoms with Gasteiger partial charge in [-0.15, -0.1) is 23.1 Å². The molecule has 1 heterocycles. The van der Waals surface area contributed by atoms with Crippen molar-refractivity contribution in [2.45, 2.75) is 31.2 Å². The molecule has 0 saturated carbocycles. The molecule has 0 aliphatic rings. The summed E-state index contributed by atoms with van der Waals surface area (Å²) in [7, 11) is 0. The summed E-state index contributed by atoms with van der Waals surface area (Å²) in [6.07, 6.45) is 0.993. The highest BCUT2D eigenvalue weighted by Gasteiger charge is 2.11. The monoisotopic (exact) mass is 326 g/mol. The van der Waals surface area contributed by atoms with Gasteiger partial charge in [-0.1, -0.05) is 18.5 Å². The molecule has 0 aliphatic heterocycles. The quantitative estimate of drug-likeness (QED) is 0.762. The van der Waals surface area contributed by atoms with Crippen molar-refractivity contribution in [1.82, 2.24) is 10.3 Å². The second-order valence-electron chi connectivity index (χ2n) is 4.61. The molecule has 20 heavy (non-hydrogen) atoms. The summed E-state index contributed by atoms with van der Waals surface area (Å²) in [5.41, 5.74) is 1.12. The van der Waals surface area contributed by atoms with Crippen LogP contribution in [0.2, 0.25) is 5.02 Å². The van der Waals surface area contributed by atoms with Crippen molar-refractivity contribution in [3.05, 3.63) is 45.4 Å². The number of rotatable bonds is 7. The number of thiazole rings is 1. The Hall–Kier alpha value is -0.550. The van der Waals surface area contributed by atoms with E-state index in [1.807, 2.05) is 30.8 Å². The highest BCUT2D eigenvalue weighted by molar-refractivity contribution is 7.99. The Morgan fingerprint density at radius 1 is 1.35 bits per heavy atom. The molecule has 108 valence electrons. The minimum atomic E-state index is 0.450. The average Bonchev–Trinajstić information content (AvgIpc) is 2.83. The average molecular weight is 327 g/mol. The van der Waals surface area contributed by atoms with Gasteiger partial charge in [0.2, 0.25) is 0 Å². The van der Waals surface area contributed by atoms with E-state index in [0.29, 0.717) is 6.04 Å². The Labute approximate surface area is 134 Å². The molecule has 1 aromatic carbocycles. The number of aryl methyl sites for hydroxylation is 1. The Balaban J connectivity index is 1.90. The number of nitrogens with zero attached hydrogens (tertiary/aromatic N) is 1. The summed E-state index contributed by atoms with van der Waals surface area (Å²) in [6, 6.07) is 8.48. The first-order valence-corrected chi connectivity index (χ1v) is 8.94. The predicted molar refractivity (Wildman–Crippen MR) is 90.2 cm³/mol. The smallest absolute Gasteiger partial charge is 0.0943 e. The molecule has 0 aliphatic carbocycles. The highest BCUT2D eigenvalue weighted by atomic mass is 35.5. The summed E-state index contributed by atoms with van der Waals surface area (Å²) >= 11 is 9.51. The number of hydrogen-bond acceptors (Lipinski definition) is 4. The third kappa shape index (κ3) is 5.09. The molecule has 2 rings (SSSR count). The van der Waals surface area contributed by atoms with E-state index in [0.717, 1.165) is 29.4 Å². The van der Waals surface area contributed by atoms with Crippen LogP contribution in [-0.4, -0.2) is 23.3 Å². The summed E-state index contributed by atoms with van der Waals surface area (Å²) in [5, 5.41) is 7.66. The molecule has 1 N–H and O–H groups in total. The van der Waals surface area contributed by atoms with Gasteiger partial charge >= 0.3 is 0 Å². The fraction of sp³-hybridized carbons (Fsp3) is 0.400. The van der Waals surface area contributed by atoms with E-state index in [1.54, 1.807) is 11.3 Å². The molecule has 1 atom stereocenters. The minimum absolute atomic E-state index is 0.450. The normalized spacial score (nSPS) is 12.6. The zero-order valence-electron chi connectivity index (χ0n) is 11.7.